The third kappa shape index (κ3) is 2.82. The molecule has 0 radical (unpaired) electrons. The van der Waals surface area contributed by atoms with Gasteiger partial charge >= 0.3 is 0 Å². The maximum atomic E-state index is 5.93. The van der Waals surface area contributed by atoms with E-state index in [0.29, 0.717) is 0 Å². The molecule has 0 bridgehead atoms. The summed E-state index contributed by atoms with van der Waals surface area (Å²) in [7, 11) is 0. The molecule has 0 atom stereocenters. The Labute approximate surface area is 106 Å². The standard InChI is InChI=1S/C13H17N3S/c1-17-8-2-6-16-13-4-3-12(14)11-9-15-7-5-10(11)13/h3-5,7,9,16H,2,6,8,14H2,1H3. The van der Waals surface area contributed by atoms with Crippen LogP contribution < -0.4 is 11.1 Å². The zero-order chi connectivity index (χ0) is 12.1. The molecule has 2 aromatic rings. The van der Waals surface area contributed by atoms with Gasteiger partial charge in [-0.25, -0.2) is 0 Å². The van der Waals surface area contributed by atoms with Gasteiger partial charge in [0.15, 0.2) is 0 Å². The van der Waals surface area contributed by atoms with Crippen molar-refractivity contribution in [1.82, 2.24) is 4.98 Å². The first-order valence-electron chi connectivity index (χ1n) is 5.68. The van der Waals surface area contributed by atoms with Crippen molar-refractivity contribution in [3.8, 4) is 0 Å². The second-order valence-electron chi connectivity index (χ2n) is 3.90. The first-order chi connectivity index (χ1) is 8.33. The zero-order valence-electron chi connectivity index (χ0n) is 9.94. The van der Waals surface area contributed by atoms with E-state index in [4.69, 9.17) is 5.73 Å². The van der Waals surface area contributed by atoms with Gasteiger partial charge in [0.05, 0.1) is 0 Å². The largest absolute Gasteiger partial charge is 0.398 e. The minimum Gasteiger partial charge on any atom is -0.398 e. The van der Waals surface area contributed by atoms with Crippen molar-refractivity contribution in [2.75, 3.05) is 29.6 Å². The summed E-state index contributed by atoms with van der Waals surface area (Å²) in [6, 6.07) is 5.97. The molecule has 0 saturated carbocycles. The van der Waals surface area contributed by atoms with E-state index in [-0.39, 0.29) is 0 Å². The Bertz CT molecular complexity index is 499. The first kappa shape index (κ1) is 12.0. The average Bonchev–Trinajstić information content (AvgIpc) is 2.37. The lowest BCUT2D eigenvalue weighted by Gasteiger charge is -2.10. The Morgan fingerprint density at radius 2 is 2.18 bits per heavy atom. The molecule has 0 spiro atoms. The molecule has 0 fully saturated rings. The van der Waals surface area contributed by atoms with Crippen molar-refractivity contribution in [1.29, 1.82) is 0 Å². The van der Waals surface area contributed by atoms with Crippen LogP contribution in [0.3, 0.4) is 0 Å². The Morgan fingerprint density at radius 1 is 1.29 bits per heavy atom. The molecule has 1 aromatic heterocycles. The molecule has 0 unspecified atom stereocenters. The molecule has 0 saturated heterocycles. The number of anilines is 2. The molecule has 90 valence electrons. The molecule has 2 rings (SSSR count). The van der Waals surface area contributed by atoms with E-state index in [2.05, 4.69) is 16.6 Å². The SMILES string of the molecule is CSCCCNc1ccc(N)c2cnccc12. The highest BCUT2D eigenvalue weighted by Crippen LogP contribution is 2.27. The molecule has 1 aromatic carbocycles. The Hall–Kier alpha value is -1.42. The van der Waals surface area contributed by atoms with Crippen LogP contribution in [0.1, 0.15) is 6.42 Å². The fraction of sp³-hybridized carbons (Fsp3) is 0.308. The van der Waals surface area contributed by atoms with E-state index >= 15 is 0 Å². The number of benzene rings is 1. The van der Waals surface area contributed by atoms with Crippen LogP contribution in [0.5, 0.6) is 0 Å². The number of hydrogen-bond donors (Lipinski definition) is 2. The summed E-state index contributed by atoms with van der Waals surface area (Å²) < 4.78 is 0. The van der Waals surface area contributed by atoms with Crippen LogP contribution in [0.4, 0.5) is 11.4 Å². The van der Waals surface area contributed by atoms with Gasteiger partial charge in [-0.15, -0.1) is 0 Å². The van der Waals surface area contributed by atoms with E-state index in [9.17, 15) is 0 Å². The number of nitrogens with one attached hydrogen (secondary N) is 1. The fourth-order valence-electron chi connectivity index (χ4n) is 1.81. The van der Waals surface area contributed by atoms with Gasteiger partial charge in [0.1, 0.15) is 0 Å². The van der Waals surface area contributed by atoms with Crippen LogP contribution in [0.25, 0.3) is 10.8 Å². The third-order valence-electron chi connectivity index (χ3n) is 2.69. The van der Waals surface area contributed by atoms with Crippen LogP contribution in [0.2, 0.25) is 0 Å². The molecule has 17 heavy (non-hydrogen) atoms. The van der Waals surface area contributed by atoms with Crippen LogP contribution in [-0.4, -0.2) is 23.5 Å². The van der Waals surface area contributed by atoms with E-state index in [1.807, 2.05) is 36.2 Å². The topological polar surface area (TPSA) is 50.9 Å². The molecule has 1 heterocycles. The maximum absolute atomic E-state index is 5.93. The molecule has 4 heteroatoms. The second-order valence-corrected chi connectivity index (χ2v) is 4.88. The summed E-state index contributed by atoms with van der Waals surface area (Å²) in [5.74, 6) is 1.18. The molecular weight excluding hydrogens is 230 g/mol. The highest BCUT2D eigenvalue weighted by Gasteiger charge is 2.03. The molecule has 0 aliphatic rings. The fourth-order valence-corrected chi connectivity index (χ4v) is 2.24. The van der Waals surface area contributed by atoms with Gasteiger partial charge in [-0.3, -0.25) is 4.98 Å². The molecule has 3 nitrogen and oxygen atoms in total. The van der Waals surface area contributed by atoms with Gasteiger partial charge < -0.3 is 11.1 Å². The van der Waals surface area contributed by atoms with Crippen molar-refractivity contribution in [3.05, 3.63) is 30.6 Å². The second kappa shape index (κ2) is 5.77. The van der Waals surface area contributed by atoms with Crippen molar-refractivity contribution in [2.24, 2.45) is 0 Å². The van der Waals surface area contributed by atoms with Gasteiger partial charge in [-0.1, -0.05) is 0 Å². The van der Waals surface area contributed by atoms with Crippen LogP contribution in [-0.2, 0) is 0 Å². The Balaban J connectivity index is 2.20. The third-order valence-corrected chi connectivity index (χ3v) is 3.39. The summed E-state index contributed by atoms with van der Waals surface area (Å²) in [4.78, 5) is 4.11. The summed E-state index contributed by atoms with van der Waals surface area (Å²) >= 11 is 1.87. The summed E-state index contributed by atoms with van der Waals surface area (Å²) in [5, 5.41) is 5.61. The molecule has 0 aliphatic heterocycles. The van der Waals surface area contributed by atoms with Gasteiger partial charge in [0.25, 0.3) is 0 Å². The van der Waals surface area contributed by atoms with Crippen LogP contribution >= 0.6 is 11.8 Å². The molecular formula is C13H17N3S. The highest BCUT2D eigenvalue weighted by atomic mass is 32.2. The number of thioether (sulfide) groups is 1. The number of nitrogen functional groups attached to an aromatic ring is 1. The first-order valence-corrected chi connectivity index (χ1v) is 7.07. The van der Waals surface area contributed by atoms with Gasteiger partial charge in [-0.05, 0) is 36.6 Å². The van der Waals surface area contributed by atoms with Crippen molar-refractivity contribution < 1.29 is 0 Å². The summed E-state index contributed by atoms with van der Waals surface area (Å²) in [6.45, 7) is 0.988. The molecule has 0 aliphatic carbocycles. The van der Waals surface area contributed by atoms with E-state index in [1.165, 1.54) is 5.75 Å². The quantitative estimate of drug-likeness (QED) is 0.630. The summed E-state index contributed by atoms with van der Waals surface area (Å²) in [5.41, 5.74) is 7.85. The average molecular weight is 247 g/mol. The number of rotatable bonds is 5. The lowest BCUT2D eigenvalue weighted by molar-refractivity contribution is 0.995. The number of nitrogens with zero attached hydrogens (tertiary/aromatic N) is 1. The number of aromatic nitrogens is 1. The number of pyridine rings is 1. The number of hydrogen-bond acceptors (Lipinski definition) is 4. The van der Waals surface area contributed by atoms with Crippen LogP contribution in [0.15, 0.2) is 30.6 Å². The molecule has 0 amide bonds. The van der Waals surface area contributed by atoms with Gasteiger partial charge in [-0.2, -0.15) is 11.8 Å². The van der Waals surface area contributed by atoms with E-state index in [1.54, 1.807) is 6.20 Å². The van der Waals surface area contributed by atoms with Crippen molar-refractivity contribution in [2.45, 2.75) is 6.42 Å². The lowest BCUT2D eigenvalue weighted by Crippen LogP contribution is -2.03. The van der Waals surface area contributed by atoms with Crippen molar-refractivity contribution >= 4 is 33.9 Å². The lowest BCUT2D eigenvalue weighted by atomic mass is 10.1. The highest BCUT2D eigenvalue weighted by molar-refractivity contribution is 7.98. The predicted octanol–water partition coefficient (Wildman–Crippen LogP) is 2.98. The minimum atomic E-state index is 0.780. The van der Waals surface area contributed by atoms with Crippen molar-refractivity contribution in [3.63, 3.8) is 0 Å². The molecule has 3 N–H and O–H groups in total. The maximum Gasteiger partial charge on any atom is 0.0422 e. The zero-order valence-corrected chi connectivity index (χ0v) is 10.8. The van der Waals surface area contributed by atoms with Gasteiger partial charge in [0, 0.05) is 41.1 Å². The number of nitrogens with two attached hydrogens (primary N) is 1. The summed E-state index contributed by atoms with van der Waals surface area (Å²) in [6.07, 6.45) is 6.91. The van der Waals surface area contributed by atoms with Gasteiger partial charge in [0.2, 0.25) is 0 Å². The Morgan fingerprint density at radius 3 is 3.00 bits per heavy atom. The minimum absolute atomic E-state index is 0.780. The normalized spacial score (nSPS) is 10.6. The number of fused-ring (bicyclic) bond motifs is 1. The predicted molar refractivity (Wildman–Crippen MR) is 77.6 cm³/mol. The van der Waals surface area contributed by atoms with Crippen LogP contribution in [0, 0.1) is 0 Å². The van der Waals surface area contributed by atoms with E-state index < -0.39 is 0 Å². The smallest absolute Gasteiger partial charge is 0.0422 e. The van der Waals surface area contributed by atoms with E-state index in [0.717, 1.165) is 35.1 Å². The Kier molecular flexibility index (Phi) is 4.09. The monoisotopic (exact) mass is 247 g/mol.